The molecule has 0 saturated carbocycles. The molecule has 0 atom stereocenters. The Bertz CT molecular complexity index is 422. The molecule has 100 valence electrons. The van der Waals surface area contributed by atoms with Crippen LogP contribution < -0.4 is 11.1 Å². The van der Waals surface area contributed by atoms with Gasteiger partial charge in [-0.2, -0.15) is 0 Å². The monoisotopic (exact) mass is 254 g/mol. The summed E-state index contributed by atoms with van der Waals surface area (Å²) in [5.41, 5.74) is 6.36. The molecule has 0 bridgehead atoms. The zero-order chi connectivity index (χ0) is 13.5. The van der Waals surface area contributed by atoms with E-state index < -0.39 is 11.7 Å². The van der Waals surface area contributed by atoms with Gasteiger partial charge in [0.15, 0.2) is 0 Å². The summed E-state index contributed by atoms with van der Waals surface area (Å²) in [6.45, 7) is 2.50. The molecule has 1 aromatic rings. The molecule has 1 amide bonds. The van der Waals surface area contributed by atoms with Crippen LogP contribution in [0.15, 0.2) is 12.1 Å². The van der Waals surface area contributed by atoms with Crippen LogP contribution in [0.3, 0.4) is 0 Å². The number of hydrogen-bond donors (Lipinski definition) is 3. The van der Waals surface area contributed by atoms with Gasteiger partial charge in [-0.05, 0) is 38.3 Å². The molecule has 0 radical (unpaired) electrons. The molecular formula is C13H19FN2O2. The fourth-order valence-corrected chi connectivity index (χ4v) is 1.64. The Kier molecular flexibility index (Phi) is 5.58. The van der Waals surface area contributed by atoms with E-state index >= 15 is 0 Å². The predicted octanol–water partition coefficient (Wildman–Crippen LogP) is 1.81. The summed E-state index contributed by atoms with van der Waals surface area (Å²) in [5.74, 6) is -1.08. The van der Waals surface area contributed by atoms with E-state index in [0.717, 1.165) is 25.3 Å². The number of aliphatic hydroxyl groups excluding tert-OH is 1. The number of carbonyl (C=O) groups is 1. The number of unbranched alkanes of at least 4 members (excludes halogenated alkanes) is 2. The normalized spacial score (nSPS) is 10.4. The van der Waals surface area contributed by atoms with Crippen LogP contribution in [0.5, 0.6) is 0 Å². The molecule has 0 aliphatic carbocycles. The highest BCUT2D eigenvalue weighted by Crippen LogP contribution is 2.20. The van der Waals surface area contributed by atoms with Gasteiger partial charge in [0, 0.05) is 30.0 Å². The average Bonchev–Trinajstić information content (AvgIpc) is 2.33. The molecule has 0 aliphatic rings. The largest absolute Gasteiger partial charge is 0.396 e. The van der Waals surface area contributed by atoms with Gasteiger partial charge in [-0.15, -0.1) is 0 Å². The molecule has 5 heteroatoms. The molecular weight excluding hydrogens is 235 g/mol. The van der Waals surface area contributed by atoms with Crippen LogP contribution >= 0.6 is 0 Å². The lowest BCUT2D eigenvalue weighted by Gasteiger charge is -2.11. The van der Waals surface area contributed by atoms with Crippen molar-refractivity contribution in [2.75, 3.05) is 18.5 Å². The zero-order valence-electron chi connectivity index (χ0n) is 10.5. The number of primary amides is 1. The van der Waals surface area contributed by atoms with Crippen molar-refractivity contribution in [2.45, 2.75) is 26.2 Å². The lowest BCUT2D eigenvalue weighted by atomic mass is 10.1. The number of benzene rings is 1. The van der Waals surface area contributed by atoms with Gasteiger partial charge in [0.2, 0.25) is 5.91 Å². The van der Waals surface area contributed by atoms with Crippen LogP contribution in [0.4, 0.5) is 10.1 Å². The first-order chi connectivity index (χ1) is 8.56. The Hall–Kier alpha value is -1.62. The summed E-state index contributed by atoms with van der Waals surface area (Å²) in [5, 5.41) is 11.7. The van der Waals surface area contributed by atoms with E-state index in [1.54, 1.807) is 13.0 Å². The molecule has 0 aromatic heterocycles. The summed E-state index contributed by atoms with van der Waals surface area (Å²) in [4.78, 5) is 11.0. The SMILES string of the molecule is Cc1c(F)cc(C(N)=O)cc1NCCCCCO. The fraction of sp³-hybridized carbons (Fsp3) is 0.462. The second-order valence-corrected chi connectivity index (χ2v) is 4.21. The van der Waals surface area contributed by atoms with Crippen molar-refractivity contribution in [2.24, 2.45) is 5.73 Å². The fourth-order valence-electron chi connectivity index (χ4n) is 1.64. The summed E-state index contributed by atoms with van der Waals surface area (Å²) < 4.78 is 13.5. The number of nitrogens with one attached hydrogen (secondary N) is 1. The molecule has 4 nitrogen and oxygen atoms in total. The highest BCUT2D eigenvalue weighted by Gasteiger charge is 2.09. The van der Waals surface area contributed by atoms with Crippen LogP contribution in [0.1, 0.15) is 35.2 Å². The summed E-state index contributed by atoms with van der Waals surface area (Å²) in [7, 11) is 0. The third-order valence-corrected chi connectivity index (χ3v) is 2.78. The molecule has 0 spiro atoms. The highest BCUT2D eigenvalue weighted by atomic mass is 19.1. The Labute approximate surface area is 106 Å². The van der Waals surface area contributed by atoms with Crippen molar-refractivity contribution >= 4 is 11.6 Å². The summed E-state index contributed by atoms with van der Waals surface area (Å²) >= 11 is 0. The first-order valence-electron chi connectivity index (χ1n) is 6.01. The Morgan fingerprint density at radius 3 is 2.72 bits per heavy atom. The van der Waals surface area contributed by atoms with Crippen LogP contribution in [0.25, 0.3) is 0 Å². The van der Waals surface area contributed by atoms with E-state index in [0.29, 0.717) is 17.8 Å². The number of hydrogen-bond acceptors (Lipinski definition) is 3. The minimum absolute atomic E-state index is 0.163. The second-order valence-electron chi connectivity index (χ2n) is 4.21. The number of rotatable bonds is 7. The number of carbonyl (C=O) groups excluding carboxylic acids is 1. The van der Waals surface area contributed by atoms with Gasteiger partial charge in [0.05, 0.1) is 0 Å². The van der Waals surface area contributed by atoms with Crippen molar-refractivity contribution in [1.29, 1.82) is 0 Å². The van der Waals surface area contributed by atoms with Crippen molar-refractivity contribution in [3.05, 3.63) is 29.1 Å². The molecule has 0 fully saturated rings. The minimum Gasteiger partial charge on any atom is -0.396 e. The third-order valence-electron chi connectivity index (χ3n) is 2.78. The smallest absolute Gasteiger partial charge is 0.248 e. The van der Waals surface area contributed by atoms with Gasteiger partial charge in [-0.1, -0.05) is 0 Å². The van der Waals surface area contributed by atoms with Gasteiger partial charge in [-0.3, -0.25) is 4.79 Å². The van der Waals surface area contributed by atoms with E-state index in [9.17, 15) is 9.18 Å². The quantitative estimate of drug-likeness (QED) is 0.649. The van der Waals surface area contributed by atoms with Crippen molar-refractivity contribution in [1.82, 2.24) is 0 Å². The van der Waals surface area contributed by atoms with Crippen LogP contribution in [-0.2, 0) is 0 Å². The van der Waals surface area contributed by atoms with E-state index in [4.69, 9.17) is 10.8 Å². The van der Waals surface area contributed by atoms with E-state index in [2.05, 4.69) is 5.32 Å². The maximum Gasteiger partial charge on any atom is 0.248 e. The highest BCUT2D eigenvalue weighted by molar-refractivity contribution is 5.94. The zero-order valence-corrected chi connectivity index (χ0v) is 10.5. The van der Waals surface area contributed by atoms with Gasteiger partial charge in [0.1, 0.15) is 5.82 Å². The maximum absolute atomic E-state index is 13.5. The predicted molar refractivity (Wildman–Crippen MR) is 69.1 cm³/mol. The minimum atomic E-state index is -0.641. The van der Waals surface area contributed by atoms with Crippen LogP contribution in [0.2, 0.25) is 0 Å². The third kappa shape index (κ3) is 4.00. The molecule has 0 saturated heterocycles. The number of halogens is 1. The lowest BCUT2D eigenvalue weighted by Crippen LogP contribution is -2.13. The standard InChI is InChI=1S/C13H19FN2O2/c1-9-11(14)7-10(13(15)18)8-12(9)16-5-3-2-4-6-17/h7-8,16-17H,2-6H2,1H3,(H2,15,18). The average molecular weight is 254 g/mol. The second kappa shape index (κ2) is 6.96. The Morgan fingerprint density at radius 2 is 2.11 bits per heavy atom. The van der Waals surface area contributed by atoms with Gasteiger partial charge in [-0.25, -0.2) is 4.39 Å². The molecule has 18 heavy (non-hydrogen) atoms. The van der Waals surface area contributed by atoms with E-state index in [1.165, 1.54) is 0 Å². The molecule has 4 N–H and O–H groups in total. The Morgan fingerprint density at radius 1 is 1.39 bits per heavy atom. The van der Waals surface area contributed by atoms with Crippen molar-refractivity contribution in [3.63, 3.8) is 0 Å². The molecule has 0 unspecified atom stereocenters. The molecule has 1 rings (SSSR count). The first-order valence-corrected chi connectivity index (χ1v) is 6.01. The van der Waals surface area contributed by atoms with Gasteiger partial charge in [0.25, 0.3) is 0 Å². The van der Waals surface area contributed by atoms with Crippen molar-refractivity contribution < 1.29 is 14.3 Å². The number of amides is 1. The van der Waals surface area contributed by atoms with Crippen molar-refractivity contribution in [3.8, 4) is 0 Å². The molecule has 0 heterocycles. The number of nitrogens with two attached hydrogens (primary N) is 1. The topological polar surface area (TPSA) is 75.4 Å². The van der Waals surface area contributed by atoms with Crippen LogP contribution in [0, 0.1) is 12.7 Å². The first kappa shape index (κ1) is 14.4. The number of aliphatic hydroxyl groups is 1. The Balaban J connectivity index is 2.66. The summed E-state index contributed by atoms with van der Waals surface area (Å²) in [6, 6.07) is 2.71. The maximum atomic E-state index is 13.5. The van der Waals surface area contributed by atoms with Gasteiger partial charge < -0.3 is 16.2 Å². The molecule has 0 aliphatic heterocycles. The van der Waals surface area contributed by atoms with E-state index in [-0.39, 0.29) is 12.2 Å². The lowest BCUT2D eigenvalue weighted by molar-refractivity contribution is 0.1000. The van der Waals surface area contributed by atoms with E-state index in [1.807, 2.05) is 0 Å². The van der Waals surface area contributed by atoms with Gasteiger partial charge >= 0.3 is 0 Å². The summed E-state index contributed by atoms with van der Waals surface area (Å²) in [6.07, 6.45) is 2.54. The van der Waals surface area contributed by atoms with Crippen LogP contribution in [-0.4, -0.2) is 24.2 Å². The molecule has 1 aromatic carbocycles. The number of anilines is 1.